The van der Waals surface area contributed by atoms with Gasteiger partial charge in [0.05, 0.1) is 26.4 Å². The fourth-order valence-electron chi connectivity index (χ4n) is 0.917. The van der Waals surface area contributed by atoms with Crippen LogP contribution in [0, 0.1) is 0 Å². The molecule has 17 heavy (non-hydrogen) atoms. The van der Waals surface area contributed by atoms with Crippen LogP contribution in [0.2, 0.25) is 0 Å². The Bertz CT molecular complexity index is 204. The largest absolute Gasteiger partial charge is 0.680 e. The van der Waals surface area contributed by atoms with Crippen molar-refractivity contribution in [3.8, 4) is 0 Å². The van der Waals surface area contributed by atoms with Crippen LogP contribution in [0.3, 0.4) is 0 Å². The molecule has 0 rings (SSSR count). The molecule has 0 heterocycles. The Kier molecular flexibility index (Phi) is 9.93. The molecule has 0 radical (unpaired) electrons. The van der Waals surface area contributed by atoms with Crippen LogP contribution in [0.25, 0.3) is 0 Å². The van der Waals surface area contributed by atoms with E-state index in [1.165, 1.54) is 0 Å². The second-order valence-electron chi connectivity index (χ2n) is 2.94. The first kappa shape index (κ1) is 16.2. The third kappa shape index (κ3) is 7.21. The molecule has 0 amide bonds. The SMILES string of the molecule is C=CCO[Si](OCC=C)(OCC=C)OCCN. The van der Waals surface area contributed by atoms with Gasteiger partial charge in [-0.2, -0.15) is 0 Å². The number of rotatable bonds is 12. The Balaban J connectivity index is 4.54. The van der Waals surface area contributed by atoms with Crippen LogP contribution in [0.1, 0.15) is 0 Å². The summed E-state index contributed by atoms with van der Waals surface area (Å²) in [5.41, 5.74) is 5.39. The maximum absolute atomic E-state index is 5.49. The van der Waals surface area contributed by atoms with Gasteiger partial charge in [0.25, 0.3) is 0 Å². The van der Waals surface area contributed by atoms with E-state index in [4.69, 9.17) is 23.4 Å². The predicted octanol–water partition coefficient (Wildman–Crippen LogP) is 1.01. The molecule has 98 valence electrons. The molecule has 0 aliphatic rings. The first-order valence-corrected chi connectivity index (χ1v) is 6.96. The molecule has 0 spiro atoms. The van der Waals surface area contributed by atoms with Crippen LogP contribution in [0.4, 0.5) is 0 Å². The third-order valence-corrected chi connectivity index (χ3v) is 3.65. The van der Waals surface area contributed by atoms with Crippen molar-refractivity contribution < 1.29 is 17.7 Å². The molecule has 0 atom stereocenters. The lowest BCUT2D eigenvalue weighted by atomic mass is 10.7. The van der Waals surface area contributed by atoms with E-state index in [9.17, 15) is 0 Å². The molecule has 0 saturated carbocycles. The van der Waals surface area contributed by atoms with Gasteiger partial charge < -0.3 is 23.4 Å². The van der Waals surface area contributed by atoms with Crippen LogP contribution in [0.15, 0.2) is 38.0 Å². The average molecular weight is 259 g/mol. The first-order valence-electron chi connectivity index (χ1n) is 5.33. The Morgan fingerprint density at radius 3 is 1.53 bits per heavy atom. The van der Waals surface area contributed by atoms with Gasteiger partial charge in [-0.25, -0.2) is 0 Å². The zero-order valence-corrected chi connectivity index (χ0v) is 11.1. The lowest BCUT2D eigenvalue weighted by molar-refractivity contribution is -0.0163. The molecule has 0 fully saturated rings. The highest BCUT2D eigenvalue weighted by Crippen LogP contribution is 2.12. The lowest BCUT2D eigenvalue weighted by Gasteiger charge is -2.26. The molecule has 0 aromatic heterocycles. The molecule has 0 saturated heterocycles. The summed E-state index contributed by atoms with van der Waals surface area (Å²) in [5.74, 6) is 0. The summed E-state index contributed by atoms with van der Waals surface area (Å²) in [5, 5.41) is 0. The van der Waals surface area contributed by atoms with Gasteiger partial charge in [0.1, 0.15) is 0 Å². The quantitative estimate of drug-likeness (QED) is 0.418. The zero-order chi connectivity index (χ0) is 13.0. The lowest BCUT2D eigenvalue weighted by Crippen LogP contribution is -2.50. The van der Waals surface area contributed by atoms with E-state index in [2.05, 4.69) is 19.7 Å². The zero-order valence-electron chi connectivity index (χ0n) is 10.1. The summed E-state index contributed by atoms with van der Waals surface area (Å²) >= 11 is 0. The van der Waals surface area contributed by atoms with E-state index in [0.29, 0.717) is 13.2 Å². The molecule has 0 aliphatic carbocycles. The molecule has 0 aromatic rings. The molecular weight excluding hydrogens is 238 g/mol. The van der Waals surface area contributed by atoms with Crippen molar-refractivity contribution in [2.45, 2.75) is 0 Å². The summed E-state index contributed by atoms with van der Waals surface area (Å²) in [6.07, 6.45) is 4.80. The first-order chi connectivity index (χ1) is 8.24. The Hall–Kier alpha value is -0.763. The fraction of sp³-hybridized carbons (Fsp3) is 0.455. The smallest absolute Gasteiger partial charge is 0.350 e. The van der Waals surface area contributed by atoms with Gasteiger partial charge in [0.2, 0.25) is 0 Å². The Morgan fingerprint density at radius 1 is 0.824 bits per heavy atom. The van der Waals surface area contributed by atoms with E-state index in [0.717, 1.165) is 0 Å². The monoisotopic (exact) mass is 259 g/mol. The van der Waals surface area contributed by atoms with E-state index in [1.54, 1.807) is 18.2 Å². The van der Waals surface area contributed by atoms with Crippen molar-refractivity contribution in [2.24, 2.45) is 5.73 Å². The standard InChI is InChI=1S/C11H21NO4Si/c1-4-8-13-17(14-9-5-2,15-10-6-3)16-11-7-12/h4-6H,1-3,7-12H2. The number of hydrogen-bond acceptors (Lipinski definition) is 5. The summed E-state index contributed by atoms with van der Waals surface area (Å²) in [6.45, 7) is 12.2. The minimum Gasteiger partial charge on any atom is -0.350 e. The van der Waals surface area contributed by atoms with Gasteiger partial charge in [-0.15, -0.1) is 19.7 Å². The predicted molar refractivity (Wildman–Crippen MR) is 69.2 cm³/mol. The highest BCUT2D eigenvalue weighted by atomic mass is 28.4. The molecule has 0 aromatic carbocycles. The fourth-order valence-corrected chi connectivity index (χ4v) is 2.75. The van der Waals surface area contributed by atoms with Gasteiger partial charge in [0.15, 0.2) is 0 Å². The Labute approximate surface area is 104 Å². The molecule has 0 unspecified atom stereocenters. The number of hydrogen-bond donors (Lipinski definition) is 1. The van der Waals surface area contributed by atoms with E-state index in [1.807, 2.05) is 0 Å². The maximum atomic E-state index is 5.49. The Morgan fingerprint density at radius 2 is 1.24 bits per heavy atom. The molecule has 0 aliphatic heterocycles. The van der Waals surface area contributed by atoms with Gasteiger partial charge in [0, 0.05) is 6.54 Å². The van der Waals surface area contributed by atoms with Crippen molar-refractivity contribution >= 4 is 9.05 Å². The highest BCUT2D eigenvalue weighted by Gasteiger charge is 2.45. The van der Waals surface area contributed by atoms with Gasteiger partial charge in [-0.3, -0.25) is 0 Å². The second-order valence-corrected chi connectivity index (χ2v) is 5.09. The van der Waals surface area contributed by atoms with E-state index in [-0.39, 0.29) is 19.8 Å². The summed E-state index contributed by atoms with van der Waals surface area (Å²) in [4.78, 5) is 0. The average Bonchev–Trinajstić information content (AvgIpc) is 2.37. The van der Waals surface area contributed by atoms with Crippen LogP contribution in [-0.4, -0.2) is 42.0 Å². The van der Waals surface area contributed by atoms with E-state index < -0.39 is 9.05 Å². The van der Waals surface area contributed by atoms with Crippen molar-refractivity contribution in [1.82, 2.24) is 0 Å². The topological polar surface area (TPSA) is 62.9 Å². The molecular formula is C11H21NO4Si. The number of nitrogens with two attached hydrogens (primary N) is 1. The highest BCUT2D eigenvalue weighted by molar-refractivity contribution is 6.53. The second kappa shape index (κ2) is 10.4. The van der Waals surface area contributed by atoms with Crippen LogP contribution in [-0.2, 0) is 17.7 Å². The minimum absolute atomic E-state index is 0.283. The maximum Gasteiger partial charge on any atom is 0.680 e. The van der Waals surface area contributed by atoms with Gasteiger partial charge in [-0.05, 0) is 0 Å². The third-order valence-electron chi connectivity index (χ3n) is 1.53. The molecule has 2 N–H and O–H groups in total. The summed E-state index contributed by atoms with van der Waals surface area (Å²) in [6, 6.07) is 0. The van der Waals surface area contributed by atoms with Crippen LogP contribution < -0.4 is 5.73 Å². The van der Waals surface area contributed by atoms with E-state index >= 15 is 0 Å². The molecule has 0 bridgehead atoms. The van der Waals surface area contributed by atoms with Crippen molar-refractivity contribution in [1.29, 1.82) is 0 Å². The minimum atomic E-state index is -3.17. The summed E-state index contributed by atoms with van der Waals surface area (Å²) < 4.78 is 22.0. The van der Waals surface area contributed by atoms with Crippen LogP contribution in [0.5, 0.6) is 0 Å². The summed E-state index contributed by atoms with van der Waals surface area (Å²) in [7, 11) is -3.17. The van der Waals surface area contributed by atoms with Crippen molar-refractivity contribution in [2.75, 3.05) is 33.0 Å². The molecule has 5 nitrogen and oxygen atoms in total. The van der Waals surface area contributed by atoms with Crippen molar-refractivity contribution in [3.63, 3.8) is 0 Å². The van der Waals surface area contributed by atoms with Gasteiger partial charge >= 0.3 is 9.05 Å². The molecule has 6 heteroatoms. The normalized spacial score (nSPS) is 11.1. The van der Waals surface area contributed by atoms with Gasteiger partial charge in [-0.1, -0.05) is 18.2 Å². The van der Waals surface area contributed by atoms with Crippen molar-refractivity contribution in [3.05, 3.63) is 38.0 Å². The van der Waals surface area contributed by atoms with Crippen LogP contribution >= 0.6 is 0 Å².